The molecule has 0 bridgehead atoms. The molecule has 2 aromatic rings. The zero-order chi connectivity index (χ0) is 13.9. The molecule has 0 aromatic carbocycles. The van der Waals surface area contributed by atoms with Crippen LogP contribution in [0.1, 0.15) is 37.6 Å². The summed E-state index contributed by atoms with van der Waals surface area (Å²) in [5.41, 5.74) is 1.03. The Morgan fingerprint density at radius 1 is 1.45 bits per heavy atom. The van der Waals surface area contributed by atoms with E-state index in [-0.39, 0.29) is 0 Å². The summed E-state index contributed by atoms with van der Waals surface area (Å²) in [4.78, 5) is 4.46. The number of nitrogens with one attached hydrogen (secondary N) is 1. The number of hydrogen-bond donors (Lipinski definition) is 1. The van der Waals surface area contributed by atoms with E-state index in [1.807, 2.05) is 13.0 Å². The molecule has 1 aliphatic carbocycles. The molecule has 1 saturated carbocycles. The summed E-state index contributed by atoms with van der Waals surface area (Å²) in [5.74, 6) is 2.70. The maximum Gasteiger partial charge on any atom is 0.238 e. The third-order valence-corrected chi connectivity index (χ3v) is 3.78. The molecule has 0 radical (unpaired) electrons. The van der Waals surface area contributed by atoms with Crippen molar-refractivity contribution in [2.75, 3.05) is 6.54 Å². The monoisotopic (exact) mass is 275 g/mol. The van der Waals surface area contributed by atoms with E-state index in [2.05, 4.69) is 22.4 Å². The number of furan rings is 1. The van der Waals surface area contributed by atoms with Crippen molar-refractivity contribution in [1.82, 2.24) is 15.5 Å². The van der Waals surface area contributed by atoms with Crippen LogP contribution in [0.3, 0.4) is 0 Å². The first kappa shape index (κ1) is 13.4. The molecule has 2 aromatic heterocycles. The van der Waals surface area contributed by atoms with Gasteiger partial charge in [0.25, 0.3) is 0 Å². The van der Waals surface area contributed by atoms with E-state index in [0.717, 1.165) is 30.9 Å². The van der Waals surface area contributed by atoms with E-state index in [1.54, 1.807) is 6.26 Å². The average Bonchev–Trinajstić information content (AvgIpc) is 3.04. The number of aromatic nitrogens is 2. The van der Waals surface area contributed by atoms with Gasteiger partial charge in [0.1, 0.15) is 0 Å². The number of hydrogen-bond acceptors (Lipinski definition) is 5. The third kappa shape index (κ3) is 2.93. The zero-order valence-electron chi connectivity index (χ0n) is 12.1. The molecule has 5 heteroatoms. The third-order valence-electron chi connectivity index (χ3n) is 3.78. The fraction of sp³-hybridized carbons (Fsp3) is 0.600. The highest BCUT2D eigenvalue weighted by atomic mass is 16.5. The van der Waals surface area contributed by atoms with Crippen LogP contribution in [0, 0.1) is 12.8 Å². The fourth-order valence-corrected chi connectivity index (χ4v) is 2.45. The van der Waals surface area contributed by atoms with Crippen LogP contribution in [-0.4, -0.2) is 22.7 Å². The second-order valence-corrected chi connectivity index (χ2v) is 5.55. The Labute approximate surface area is 118 Å². The quantitative estimate of drug-likeness (QED) is 0.841. The molecular formula is C15H21N3O2. The van der Waals surface area contributed by atoms with Crippen LogP contribution in [0.15, 0.2) is 21.3 Å². The lowest BCUT2D eigenvalue weighted by Gasteiger charge is -2.15. The van der Waals surface area contributed by atoms with E-state index in [9.17, 15) is 0 Å². The van der Waals surface area contributed by atoms with Crippen molar-refractivity contribution in [2.45, 2.75) is 45.6 Å². The van der Waals surface area contributed by atoms with Gasteiger partial charge in [0.05, 0.1) is 6.26 Å². The van der Waals surface area contributed by atoms with Gasteiger partial charge in [-0.05, 0) is 50.3 Å². The highest BCUT2D eigenvalue weighted by molar-refractivity contribution is 5.50. The Hall–Kier alpha value is -1.62. The molecule has 1 N–H and O–H groups in total. The number of rotatable bonds is 7. The van der Waals surface area contributed by atoms with Gasteiger partial charge >= 0.3 is 0 Å². The number of aryl methyl sites for hydroxylation is 1. The van der Waals surface area contributed by atoms with Crippen LogP contribution in [-0.2, 0) is 6.42 Å². The van der Waals surface area contributed by atoms with Crippen LogP contribution in [0.25, 0.3) is 11.6 Å². The molecule has 108 valence electrons. The number of nitrogens with zero attached hydrogens (tertiary/aromatic N) is 2. The molecule has 1 atom stereocenters. The minimum absolute atomic E-state index is 0.459. The Morgan fingerprint density at radius 2 is 2.30 bits per heavy atom. The van der Waals surface area contributed by atoms with Crippen LogP contribution < -0.4 is 5.32 Å². The first-order valence-electron chi connectivity index (χ1n) is 7.38. The Kier molecular flexibility index (Phi) is 3.87. The molecule has 1 unspecified atom stereocenters. The van der Waals surface area contributed by atoms with Crippen LogP contribution in [0.4, 0.5) is 0 Å². The molecule has 1 aliphatic rings. The summed E-state index contributed by atoms with van der Waals surface area (Å²) in [5, 5.41) is 7.61. The van der Waals surface area contributed by atoms with Gasteiger partial charge in [-0.1, -0.05) is 12.1 Å². The fourth-order valence-electron chi connectivity index (χ4n) is 2.45. The minimum Gasteiger partial charge on any atom is -0.461 e. The summed E-state index contributed by atoms with van der Waals surface area (Å²) in [7, 11) is 0. The first-order valence-corrected chi connectivity index (χ1v) is 7.38. The average molecular weight is 275 g/mol. The SMILES string of the molecule is CCCNC(Cc1nc(-c2occc2C)no1)C1CC1. The molecule has 3 rings (SSSR count). The summed E-state index contributed by atoms with van der Waals surface area (Å²) in [6, 6.07) is 2.36. The summed E-state index contributed by atoms with van der Waals surface area (Å²) in [6.45, 7) is 5.20. The van der Waals surface area contributed by atoms with Gasteiger partial charge in [-0.2, -0.15) is 4.98 Å². The van der Waals surface area contributed by atoms with Crippen molar-refractivity contribution in [3.8, 4) is 11.6 Å². The molecule has 0 amide bonds. The highest BCUT2D eigenvalue weighted by Crippen LogP contribution is 2.34. The first-order chi connectivity index (χ1) is 9.78. The van der Waals surface area contributed by atoms with Crippen molar-refractivity contribution in [2.24, 2.45) is 5.92 Å². The molecule has 1 fully saturated rings. The standard InChI is InChI=1S/C15H21N3O2/c1-3-7-16-12(11-4-5-11)9-13-17-15(18-20-13)14-10(2)6-8-19-14/h6,8,11-12,16H,3-5,7,9H2,1-2H3. The Morgan fingerprint density at radius 3 is 2.95 bits per heavy atom. The molecule has 20 heavy (non-hydrogen) atoms. The lowest BCUT2D eigenvalue weighted by atomic mass is 10.1. The maximum absolute atomic E-state index is 5.39. The van der Waals surface area contributed by atoms with Gasteiger partial charge in [-0.15, -0.1) is 0 Å². The largest absolute Gasteiger partial charge is 0.461 e. The minimum atomic E-state index is 0.459. The van der Waals surface area contributed by atoms with Crippen molar-refractivity contribution in [3.05, 3.63) is 23.8 Å². The molecule has 5 nitrogen and oxygen atoms in total. The molecule has 0 spiro atoms. The Bertz CT molecular complexity index is 557. The van der Waals surface area contributed by atoms with Gasteiger partial charge in [0.15, 0.2) is 5.76 Å². The van der Waals surface area contributed by atoms with Crippen molar-refractivity contribution >= 4 is 0 Å². The van der Waals surface area contributed by atoms with Crippen molar-refractivity contribution in [3.63, 3.8) is 0 Å². The topological polar surface area (TPSA) is 64.1 Å². The predicted octanol–water partition coefficient (Wildman–Crippen LogP) is 2.96. The van der Waals surface area contributed by atoms with E-state index in [1.165, 1.54) is 12.8 Å². The summed E-state index contributed by atoms with van der Waals surface area (Å²) in [6.07, 6.45) is 6.21. The molecule has 0 aliphatic heterocycles. The lowest BCUT2D eigenvalue weighted by molar-refractivity contribution is 0.345. The Balaban J connectivity index is 1.68. The van der Waals surface area contributed by atoms with Gasteiger partial charge < -0.3 is 14.3 Å². The molecule has 0 saturated heterocycles. The lowest BCUT2D eigenvalue weighted by Crippen LogP contribution is -2.33. The van der Waals surface area contributed by atoms with Crippen LogP contribution in [0.5, 0.6) is 0 Å². The summed E-state index contributed by atoms with van der Waals surface area (Å²) >= 11 is 0. The molecular weight excluding hydrogens is 254 g/mol. The predicted molar refractivity (Wildman–Crippen MR) is 75.2 cm³/mol. The summed E-state index contributed by atoms with van der Waals surface area (Å²) < 4.78 is 10.8. The smallest absolute Gasteiger partial charge is 0.238 e. The van der Waals surface area contributed by atoms with Crippen molar-refractivity contribution < 1.29 is 8.94 Å². The van der Waals surface area contributed by atoms with Gasteiger partial charge in [-0.3, -0.25) is 0 Å². The normalized spacial score (nSPS) is 16.5. The van der Waals surface area contributed by atoms with Crippen LogP contribution >= 0.6 is 0 Å². The van der Waals surface area contributed by atoms with E-state index >= 15 is 0 Å². The van der Waals surface area contributed by atoms with Crippen molar-refractivity contribution in [1.29, 1.82) is 0 Å². The second kappa shape index (κ2) is 5.79. The van der Waals surface area contributed by atoms with Gasteiger partial charge in [0.2, 0.25) is 11.7 Å². The zero-order valence-corrected chi connectivity index (χ0v) is 12.1. The van der Waals surface area contributed by atoms with E-state index < -0.39 is 0 Å². The van der Waals surface area contributed by atoms with E-state index in [4.69, 9.17) is 8.94 Å². The van der Waals surface area contributed by atoms with Crippen LogP contribution in [0.2, 0.25) is 0 Å². The second-order valence-electron chi connectivity index (χ2n) is 5.55. The van der Waals surface area contributed by atoms with Gasteiger partial charge in [0, 0.05) is 12.5 Å². The van der Waals surface area contributed by atoms with Gasteiger partial charge in [-0.25, -0.2) is 0 Å². The molecule has 2 heterocycles. The maximum atomic E-state index is 5.39. The van der Waals surface area contributed by atoms with E-state index in [0.29, 0.717) is 23.5 Å². The highest BCUT2D eigenvalue weighted by Gasteiger charge is 2.32.